The third-order valence-electron chi connectivity index (χ3n) is 4.66. The van der Waals surface area contributed by atoms with E-state index in [0.29, 0.717) is 29.7 Å². The van der Waals surface area contributed by atoms with Crippen molar-refractivity contribution in [1.82, 2.24) is 24.3 Å². The zero-order valence-electron chi connectivity index (χ0n) is 17.1. The molecule has 10 heteroatoms. The summed E-state index contributed by atoms with van der Waals surface area (Å²) in [5.74, 6) is -0.277. The zero-order chi connectivity index (χ0) is 21.5. The monoisotopic (exact) mass is 425 g/mol. The molecule has 0 radical (unpaired) electrons. The van der Waals surface area contributed by atoms with Crippen LogP contribution in [0.25, 0.3) is 11.0 Å². The van der Waals surface area contributed by atoms with Crippen molar-refractivity contribution in [2.24, 2.45) is 0 Å². The van der Waals surface area contributed by atoms with Gasteiger partial charge in [0, 0.05) is 32.2 Å². The van der Waals surface area contributed by atoms with Crippen LogP contribution in [0.5, 0.6) is 0 Å². The number of aromatic nitrogens is 3. The van der Waals surface area contributed by atoms with Gasteiger partial charge in [0.25, 0.3) is 5.91 Å². The average molecular weight is 426 g/mol. The second kappa shape index (κ2) is 7.78. The van der Waals surface area contributed by atoms with Crippen LogP contribution < -0.4 is 0 Å². The summed E-state index contributed by atoms with van der Waals surface area (Å²) in [7, 11) is 3.25. The number of fused-ring (bicyclic) bond motifs is 1. The number of alkyl halides is 1. The van der Waals surface area contributed by atoms with E-state index >= 15 is 4.39 Å². The summed E-state index contributed by atoms with van der Waals surface area (Å²) in [6.45, 7) is 5.46. The molecule has 8 nitrogen and oxygen atoms in total. The van der Waals surface area contributed by atoms with Crippen molar-refractivity contribution >= 4 is 34.6 Å². The molecule has 0 saturated carbocycles. The number of amides is 2. The molecule has 0 unspecified atom stereocenters. The van der Waals surface area contributed by atoms with Gasteiger partial charge in [-0.1, -0.05) is 0 Å². The zero-order valence-corrected chi connectivity index (χ0v) is 17.9. The van der Waals surface area contributed by atoms with Crippen LogP contribution in [-0.4, -0.2) is 75.3 Å². The highest BCUT2D eigenvalue weighted by Crippen LogP contribution is 2.32. The lowest BCUT2D eigenvalue weighted by atomic mass is 10.0. The number of hydrogen-bond acceptors (Lipinski definition) is 5. The Labute approximate surface area is 173 Å². The number of likely N-dealkylation sites (tertiary alicyclic amines) is 1. The second-order valence-electron chi connectivity index (χ2n) is 8.32. The van der Waals surface area contributed by atoms with Crippen LogP contribution in [0.4, 0.5) is 9.18 Å². The van der Waals surface area contributed by atoms with Gasteiger partial charge in [0.1, 0.15) is 23.1 Å². The van der Waals surface area contributed by atoms with E-state index in [1.54, 1.807) is 45.5 Å². The molecule has 2 aromatic heterocycles. The molecular weight excluding hydrogens is 401 g/mol. The van der Waals surface area contributed by atoms with Crippen LogP contribution in [0.1, 0.15) is 43.7 Å². The summed E-state index contributed by atoms with van der Waals surface area (Å²) >= 11 is 5.95. The molecule has 1 aliphatic heterocycles. The minimum Gasteiger partial charge on any atom is -0.444 e. The summed E-state index contributed by atoms with van der Waals surface area (Å²) in [5, 5.41) is 0.615. The van der Waals surface area contributed by atoms with E-state index in [-0.39, 0.29) is 17.7 Å². The standard InChI is InChI=1S/C19H25ClFN5O3/c1-19(2,3)29-18(28)25-7-6-13(12(21)10-25)26-14(16(27)24(4)5)8-11-9-22-17(20)23-15(11)26/h8-9,12-13H,6-7,10H2,1-5H3/t12-,13+/m0/s1. The van der Waals surface area contributed by atoms with E-state index < -0.39 is 23.9 Å². The van der Waals surface area contributed by atoms with Crippen molar-refractivity contribution in [2.75, 3.05) is 27.2 Å². The molecule has 2 aromatic rings. The normalized spacial score (nSPS) is 20.0. The summed E-state index contributed by atoms with van der Waals surface area (Å²) in [6.07, 6.45) is -0.142. The summed E-state index contributed by atoms with van der Waals surface area (Å²) in [6, 6.07) is 0.970. The van der Waals surface area contributed by atoms with Gasteiger partial charge in [-0.25, -0.2) is 14.2 Å². The number of piperidine rings is 1. The Bertz CT molecular complexity index is 940. The van der Waals surface area contributed by atoms with E-state index in [0.717, 1.165) is 0 Å². The maximum absolute atomic E-state index is 15.3. The largest absolute Gasteiger partial charge is 0.444 e. The molecule has 29 heavy (non-hydrogen) atoms. The second-order valence-corrected chi connectivity index (χ2v) is 8.65. The van der Waals surface area contributed by atoms with E-state index in [9.17, 15) is 9.59 Å². The lowest BCUT2D eigenvalue weighted by Gasteiger charge is -2.37. The molecule has 3 heterocycles. The topological polar surface area (TPSA) is 80.6 Å². The SMILES string of the molecule is CN(C)C(=O)c1cc2cnc(Cl)nc2n1[C@@H]1CCN(C(=O)OC(C)(C)C)C[C@@H]1F. The number of carbonyl (C=O) groups is 2. The number of halogens is 2. The van der Waals surface area contributed by atoms with Gasteiger partial charge in [0.2, 0.25) is 5.28 Å². The van der Waals surface area contributed by atoms with Gasteiger partial charge in [0.15, 0.2) is 0 Å². The van der Waals surface area contributed by atoms with Crippen molar-refractivity contribution in [3.05, 3.63) is 23.2 Å². The third-order valence-corrected chi connectivity index (χ3v) is 4.84. The molecule has 0 bridgehead atoms. The van der Waals surface area contributed by atoms with Crippen LogP contribution in [0, 0.1) is 0 Å². The minimum atomic E-state index is -1.41. The lowest BCUT2D eigenvalue weighted by Crippen LogP contribution is -2.47. The number of rotatable bonds is 2. The van der Waals surface area contributed by atoms with Crippen molar-refractivity contribution in [1.29, 1.82) is 0 Å². The fraction of sp³-hybridized carbons (Fsp3) is 0.579. The highest BCUT2D eigenvalue weighted by molar-refractivity contribution is 6.28. The van der Waals surface area contributed by atoms with Crippen molar-refractivity contribution < 1.29 is 18.7 Å². The summed E-state index contributed by atoms with van der Waals surface area (Å²) < 4.78 is 22.2. The van der Waals surface area contributed by atoms with Gasteiger partial charge >= 0.3 is 6.09 Å². The smallest absolute Gasteiger partial charge is 0.410 e. The summed E-state index contributed by atoms with van der Waals surface area (Å²) in [4.78, 5) is 36.0. The first-order valence-corrected chi connectivity index (χ1v) is 9.73. The molecule has 3 rings (SSSR count). The van der Waals surface area contributed by atoms with Crippen LogP contribution in [-0.2, 0) is 4.74 Å². The molecule has 1 fully saturated rings. The van der Waals surface area contributed by atoms with Gasteiger partial charge in [0.05, 0.1) is 12.6 Å². The van der Waals surface area contributed by atoms with E-state index in [1.807, 2.05) is 0 Å². The van der Waals surface area contributed by atoms with Gasteiger partial charge in [-0.3, -0.25) is 4.79 Å². The molecule has 2 atom stereocenters. The van der Waals surface area contributed by atoms with Crippen molar-refractivity contribution in [3.63, 3.8) is 0 Å². The number of hydrogen-bond donors (Lipinski definition) is 0. The van der Waals surface area contributed by atoms with Crippen LogP contribution in [0.2, 0.25) is 5.28 Å². The van der Waals surface area contributed by atoms with E-state index in [2.05, 4.69) is 9.97 Å². The van der Waals surface area contributed by atoms with Crippen LogP contribution in [0.15, 0.2) is 12.3 Å². The summed E-state index contributed by atoms with van der Waals surface area (Å²) in [5.41, 5.74) is 0.0449. The molecule has 2 amide bonds. The molecular formula is C19H25ClFN5O3. The first kappa shape index (κ1) is 21.3. The Kier molecular flexibility index (Phi) is 5.71. The van der Waals surface area contributed by atoms with Crippen molar-refractivity contribution in [3.8, 4) is 0 Å². The molecule has 1 aliphatic rings. The Morgan fingerprint density at radius 1 is 1.34 bits per heavy atom. The van der Waals surface area contributed by atoms with Gasteiger partial charge < -0.3 is 19.1 Å². The predicted octanol–water partition coefficient (Wildman–Crippen LogP) is 3.31. The average Bonchev–Trinajstić information content (AvgIpc) is 2.97. The number of carbonyl (C=O) groups excluding carboxylic acids is 2. The fourth-order valence-corrected chi connectivity index (χ4v) is 3.52. The van der Waals surface area contributed by atoms with E-state index in [1.165, 1.54) is 16.0 Å². The molecule has 1 saturated heterocycles. The van der Waals surface area contributed by atoms with Crippen LogP contribution in [0.3, 0.4) is 0 Å². The quantitative estimate of drug-likeness (QED) is 0.689. The molecule has 0 spiro atoms. The van der Waals surface area contributed by atoms with Gasteiger partial charge in [-0.15, -0.1) is 0 Å². The van der Waals surface area contributed by atoms with Crippen molar-refractivity contribution in [2.45, 2.75) is 45.0 Å². The molecule has 158 valence electrons. The highest BCUT2D eigenvalue weighted by Gasteiger charge is 2.37. The Balaban J connectivity index is 1.94. The van der Waals surface area contributed by atoms with E-state index in [4.69, 9.17) is 16.3 Å². The minimum absolute atomic E-state index is 0.0160. The highest BCUT2D eigenvalue weighted by atomic mass is 35.5. The number of nitrogens with zero attached hydrogens (tertiary/aromatic N) is 5. The van der Waals surface area contributed by atoms with Gasteiger partial charge in [-0.05, 0) is 44.9 Å². The Hall–Kier alpha value is -2.42. The first-order valence-electron chi connectivity index (χ1n) is 9.35. The fourth-order valence-electron chi connectivity index (χ4n) is 3.39. The Morgan fingerprint density at radius 3 is 2.62 bits per heavy atom. The Morgan fingerprint density at radius 2 is 2.03 bits per heavy atom. The lowest BCUT2D eigenvalue weighted by molar-refractivity contribution is 0.00676. The van der Waals surface area contributed by atoms with Gasteiger partial charge in [-0.2, -0.15) is 4.98 Å². The molecule has 0 aromatic carbocycles. The molecule has 0 aliphatic carbocycles. The maximum Gasteiger partial charge on any atom is 0.410 e. The maximum atomic E-state index is 15.3. The third kappa shape index (κ3) is 4.44. The predicted molar refractivity (Wildman–Crippen MR) is 107 cm³/mol. The first-order chi connectivity index (χ1) is 13.5. The van der Waals surface area contributed by atoms with Crippen LogP contribution >= 0.6 is 11.6 Å². The number of ether oxygens (including phenoxy) is 1. The molecule has 0 N–H and O–H groups in total.